The van der Waals surface area contributed by atoms with Gasteiger partial charge in [-0.2, -0.15) is 0 Å². The van der Waals surface area contributed by atoms with Gasteiger partial charge in [0.2, 0.25) is 5.91 Å². The van der Waals surface area contributed by atoms with Gasteiger partial charge in [0.15, 0.2) is 0 Å². The van der Waals surface area contributed by atoms with Crippen LogP contribution in [-0.2, 0) is 9.53 Å². The van der Waals surface area contributed by atoms with Crippen molar-refractivity contribution in [3.8, 4) is 0 Å². The van der Waals surface area contributed by atoms with E-state index < -0.39 is 0 Å². The first-order valence-corrected chi connectivity index (χ1v) is 5.76. The highest BCUT2D eigenvalue weighted by molar-refractivity contribution is 5.91. The average Bonchev–Trinajstić information content (AvgIpc) is 2.30. The summed E-state index contributed by atoms with van der Waals surface area (Å²) in [5.74, 6) is -0.0135. The number of aryl methyl sites for hydroxylation is 1. The van der Waals surface area contributed by atoms with Crippen LogP contribution in [0, 0.1) is 6.92 Å². The zero-order valence-electron chi connectivity index (χ0n) is 9.90. The lowest BCUT2D eigenvalue weighted by molar-refractivity contribution is -0.117. The van der Waals surface area contributed by atoms with Crippen molar-refractivity contribution in [2.75, 3.05) is 25.1 Å². The van der Waals surface area contributed by atoms with Crippen molar-refractivity contribution >= 4 is 11.6 Å². The Hall–Kier alpha value is -1.46. The maximum atomic E-state index is 11.8. The molecule has 1 amide bonds. The number of carbonyl (C=O) groups excluding carboxylic acids is 1. The highest BCUT2D eigenvalue weighted by Gasteiger charge is 2.16. The minimum absolute atomic E-state index is 0.0135. The van der Waals surface area contributed by atoms with E-state index in [9.17, 15) is 4.79 Å². The van der Waals surface area contributed by atoms with Gasteiger partial charge in [-0.05, 0) is 18.6 Å². The van der Waals surface area contributed by atoms with E-state index in [1.807, 2.05) is 13.0 Å². The van der Waals surface area contributed by atoms with E-state index in [4.69, 9.17) is 4.74 Å². The zero-order chi connectivity index (χ0) is 12.1. The molecule has 5 nitrogen and oxygen atoms in total. The fourth-order valence-electron chi connectivity index (χ4n) is 1.81. The number of amides is 1. The molecule has 0 radical (unpaired) electrons. The number of hydrogen-bond acceptors (Lipinski definition) is 4. The summed E-state index contributed by atoms with van der Waals surface area (Å²) in [5.41, 5.74) is 1.77. The van der Waals surface area contributed by atoms with Gasteiger partial charge in [0.25, 0.3) is 0 Å². The van der Waals surface area contributed by atoms with Gasteiger partial charge in [0.05, 0.1) is 25.1 Å². The quantitative estimate of drug-likeness (QED) is 0.810. The minimum atomic E-state index is -0.0135. The van der Waals surface area contributed by atoms with Gasteiger partial charge in [-0.25, -0.2) is 0 Å². The molecule has 0 bridgehead atoms. The van der Waals surface area contributed by atoms with Gasteiger partial charge in [0.1, 0.15) is 0 Å². The second-order valence-electron chi connectivity index (χ2n) is 4.23. The number of nitrogens with zero attached hydrogens (tertiary/aromatic N) is 1. The monoisotopic (exact) mass is 235 g/mol. The van der Waals surface area contributed by atoms with Crippen molar-refractivity contribution in [3.63, 3.8) is 0 Å². The fourth-order valence-corrected chi connectivity index (χ4v) is 1.81. The lowest BCUT2D eigenvalue weighted by atomic mass is 10.2. The topological polar surface area (TPSA) is 63.2 Å². The molecule has 0 aromatic carbocycles. The van der Waals surface area contributed by atoms with E-state index in [2.05, 4.69) is 15.6 Å². The van der Waals surface area contributed by atoms with Crippen LogP contribution < -0.4 is 10.6 Å². The van der Waals surface area contributed by atoms with Gasteiger partial charge in [-0.1, -0.05) is 0 Å². The molecule has 0 spiro atoms. The Morgan fingerprint density at radius 3 is 3.24 bits per heavy atom. The number of ether oxygens (including phenoxy) is 1. The summed E-state index contributed by atoms with van der Waals surface area (Å²) in [4.78, 5) is 15.8. The summed E-state index contributed by atoms with van der Waals surface area (Å²) in [6.45, 7) is 4.07. The van der Waals surface area contributed by atoms with E-state index >= 15 is 0 Å². The van der Waals surface area contributed by atoms with E-state index in [0.29, 0.717) is 13.0 Å². The van der Waals surface area contributed by atoms with E-state index in [0.717, 1.165) is 24.4 Å². The predicted molar refractivity (Wildman–Crippen MR) is 64.8 cm³/mol. The van der Waals surface area contributed by atoms with Gasteiger partial charge in [0, 0.05) is 25.2 Å². The van der Waals surface area contributed by atoms with Gasteiger partial charge >= 0.3 is 0 Å². The third-order valence-corrected chi connectivity index (χ3v) is 2.59. The van der Waals surface area contributed by atoms with E-state index in [1.165, 1.54) is 0 Å². The molecule has 2 rings (SSSR count). The Morgan fingerprint density at radius 2 is 2.53 bits per heavy atom. The number of nitrogens with one attached hydrogen (secondary N) is 2. The highest BCUT2D eigenvalue weighted by atomic mass is 16.5. The predicted octanol–water partition coefficient (Wildman–Crippen LogP) is 0.707. The van der Waals surface area contributed by atoms with Crippen LogP contribution >= 0.6 is 0 Å². The Bertz CT molecular complexity index is 389. The van der Waals surface area contributed by atoms with Gasteiger partial charge in [-0.15, -0.1) is 0 Å². The molecule has 2 N–H and O–H groups in total. The van der Waals surface area contributed by atoms with Crippen LogP contribution in [0.15, 0.2) is 18.5 Å². The Balaban J connectivity index is 1.84. The largest absolute Gasteiger partial charge is 0.378 e. The van der Waals surface area contributed by atoms with Crippen molar-refractivity contribution < 1.29 is 9.53 Å². The van der Waals surface area contributed by atoms with Crippen LogP contribution in [0.5, 0.6) is 0 Å². The molecule has 92 valence electrons. The average molecular weight is 235 g/mol. The molecule has 1 aliphatic heterocycles. The van der Waals surface area contributed by atoms with Gasteiger partial charge in [-0.3, -0.25) is 9.78 Å². The molecule has 2 heterocycles. The Labute approximate surface area is 101 Å². The normalized spacial score (nSPS) is 19.9. The first kappa shape index (κ1) is 12.0. The molecule has 0 aliphatic carbocycles. The number of pyridine rings is 1. The molecule has 1 aliphatic rings. The second kappa shape index (κ2) is 5.75. The van der Waals surface area contributed by atoms with Crippen molar-refractivity contribution in [2.24, 2.45) is 0 Å². The molecule has 1 saturated heterocycles. The Kier molecular flexibility index (Phi) is 4.06. The summed E-state index contributed by atoms with van der Waals surface area (Å²) >= 11 is 0. The molecule has 0 saturated carbocycles. The molecule has 1 atom stereocenters. The number of rotatable bonds is 3. The highest BCUT2D eigenvalue weighted by Crippen LogP contribution is 2.08. The lowest BCUT2D eigenvalue weighted by Crippen LogP contribution is -2.43. The van der Waals surface area contributed by atoms with Crippen LogP contribution in [0.25, 0.3) is 0 Å². The smallest absolute Gasteiger partial charge is 0.226 e. The van der Waals surface area contributed by atoms with E-state index in [-0.39, 0.29) is 11.9 Å². The van der Waals surface area contributed by atoms with Crippen molar-refractivity contribution in [2.45, 2.75) is 19.4 Å². The minimum Gasteiger partial charge on any atom is -0.378 e. The lowest BCUT2D eigenvalue weighted by Gasteiger charge is -2.23. The van der Waals surface area contributed by atoms with Crippen LogP contribution in [0.4, 0.5) is 5.69 Å². The Morgan fingerprint density at radius 1 is 1.65 bits per heavy atom. The standard InChI is InChI=1S/C12H17N3O2/c1-9-4-10(7-13-6-9)15-12(16)5-11-8-17-3-2-14-11/h4,6-7,11,14H,2-3,5,8H2,1H3,(H,15,16). The first-order valence-electron chi connectivity index (χ1n) is 5.76. The summed E-state index contributed by atoms with van der Waals surface area (Å²) in [7, 11) is 0. The molecule has 1 aromatic rings. The summed E-state index contributed by atoms with van der Waals surface area (Å²) in [6, 6.07) is 2.01. The third kappa shape index (κ3) is 3.80. The zero-order valence-corrected chi connectivity index (χ0v) is 9.90. The number of hydrogen-bond donors (Lipinski definition) is 2. The van der Waals surface area contributed by atoms with Crippen molar-refractivity contribution in [1.82, 2.24) is 10.3 Å². The van der Waals surface area contributed by atoms with Crippen LogP contribution in [0.2, 0.25) is 0 Å². The molecule has 1 aromatic heterocycles. The number of aromatic nitrogens is 1. The number of morpholine rings is 1. The van der Waals surface area contributed by atoms with Crippen molar-refractivity contribution in [3.05, 3.63) is 24.0 Å². The molecule has 5 heteroatoms. The number of anilines is 1. The number of carbonyl (C=O) groups is 1. The SMILES string of the molecule is Cc1cncc(NC(=O)CC2COCCN2)c1. The van der Waals surface area contributed by atoms with Gasteiger partial charge < -0.3 is 15.4 Å². The molecular formula is C12H17N3O2. The first-order chi connectivity index (χ1) is 8.24. The van der Waals surface area contributed by atoms with Crippen LogP contribution in [0.3, 0.4) is 0 Å². The molecule has 17 heavy (non-hydrogen) atoms. The summed E-state index contributed by atoms with van der Waals surface area (Å²) in [6.07, 6.45) is 3.83. The third-order valence-electron chi connectivity index (χ3n) is 2.59. The fraction of sp³-hybridized carbons (Fsp3) is 0.500. The maximum Gasteiger partial charge on any atom is 0.226 e. The van der Waals surface area contributed by atoms with Crippen molar-refractivity contribution in [1.29, 1.82) is 0 Å². The van der Waals surface area contributed by atoms with Crippen LogP contribution in [-0.4, -0.2) is 36.7 Å². The molecular weight excluding hydrogens is 218 g/mol. The molecule has 1 unspecified atom stereocenters. The van der Waals surface area contributed by atoms with Crippen LogP contribution in [0.1, 0.15) is 12.0 Å². The second-order valence-corrected chi connectivity index (χ2v) is 4.23. The van der Waals surface area contributed by atoms with E-state index in [1.54, 1.807) is 12.4 Å². The summed E-state index contributed by atoms with van der Waals surface area (Å²) < 4.78 is 5.30. The maximum absolute atomic E-state index is 11.8. The summed E-state index contributed by atoms with van der Waals surface area (Å²) in [5, 5.41) is 6.08. The molecule has 1 fully saturated rings.